The van der Waals surface area contributed by atoms with Gasteiger partial charge in [0.15, 0.2) is 16.5 Å². The quantitative estimate of drug-likeness (QED) is 0.457. The van der Waals surface area contributed by atoms with E-state index in [0.717, 1.165) is 4.90 Å². The first kappa shape index (κ1) is 22.9. The van der Waals surface area contributed by atoms with Crippen LogP contribution in [0.25, 0.3) is 5.69 Å². The van der Waals surface area contributed by atoms with E-state index in [1.807, 2.05) is 30.3 Å². The smallest absolute Gasteiger partial charge is 0.287 e. The molecule has 1 aromatic heterocycles. The van der Waals surface area contributed by atoms with Gasteiger partial charge < -0.3 is 9.47 Å². The van der Waals surface area contributed by atoms with Gasteiger partial charge in [0.1, 0.15) is 0 Å². The molecule has 0 aliphatic carbocycles. The standard InChI is InChI=1S/C25H30N2O3S/c1-17(2)18-7-10-20(11-8-18)31-23-24(28)27(14-13-26-23)19-9-12-21(22(15-19)29-6)30-16-25(3,4)5/h7-15,17H,16H2,1-6H3. The average molecular weight is 439 g/mol. The van der Waals surface area contributed by atoms with Crippen LogP contribution in [0, 0.1) is 5.41 Å². The van der Waals surface area contributed by atoms with Crippen molar-refractivity contribution in [3.63, 3.8) is 0 Å². The molecule has 0 aliphatic rings. The van der Waals surface area contributed by atoms with Gasteiger partial charge in [0.25, 0.3) is 5.56 Å². The molecule has 3 rings (SSSR count). The zero-order valence-corrected chi connectivity index (χ0v) is 19.8. The summed E-state index contributed by atoms with van der Waals surface area (Å²) in [5.74, 6) is 1.71. The molecule has 0 N–H and O–H groups in total. The lowest BCUT2D eigenvalue weighted by atomic mass is 9.99. The largest absolute Gasteiger partial charge is 0.493 e. The summed E-state index contributed by atoms with van der Waals surface area (Å²) in [4.78, 5) is 18.4. The lowest BCUT2D eigenvalue weighted by molar-refractivity contribution is 0.191. The van der Waals surface area contributed by atoms with Gasteiger partial charge in [-0.1, -0.05) is 58.5 Å². The molecule has 0 aliphatic heterocycles. The molecule has 2 aromatic carbocycles. The molecule has 0 saturated heterocycles. The van der Waals surface area contributed by atoms with Crippen LogP contribution in [0.5, 0.6) is 11.5 Å². The van der Waals surface area contributed by atoms with Crippen LogP contribution in [-0.4, -0.2) is 23.3 Å². The van der Waals surface area contributed by atoms with Gasteiger partial charge in [-0.2, -0.15) is 0 Å². The number of nitrogens with zero attached hydrogens (tertiary/aromatic N) is 2. The number of hydrogen-bond donors (Lipinski definition) is 0. The molecule has 164 valence electrons. The first-order chi connectivity index (χ1) is 14.7. The van der Waals surface area contributed by atoms with Crippen molar-refractivity contribution in [3.05, 3.63) is 70.8 Å². The average Bonchev–Trinajstić information content (AvgIpc) is 2.73. The first-order valence-corrected chi connectivity index (χ1v) is 11.2. The number of hydrogen-bond acceptors (Lipinski definition) is 5. The van der Waals surface area contributed by atoms with Crippen molar-refractivity contribution >= 4 is 11.8 Å². The van der Waals surface area contributed by atoms with E-state index in [1.54, 1.807) is 24.1 Å². The molecule has 1 heterocycles. The minimum absolute atomic E-state index is 0.0330. The van der Waals surface area contributed by atoms with E-state index in [2.05, 4.69) is 51.7 Å². The summed E-state index contributed by atoms with van der Waals surface area (Å²) in [5, 5.41) is 0.423. The van der Waals surface area contributed by atoms with Gasteiger partial charge in [-0.25, -0.2) is 4.98 Å². The van der Waals surface area contributed by atoms with Gasteiger partial charge in [-0.15, -0.1) is 0 Å². The third-order valence-corrected chi connectivity index (χ3v) is 5.64. The summed E-state index contributed by atoms with van der Waals surface area (Å²) in [6.07, 6.45) is 3.31. The maximum Gasteiger partial charge on any atom is 0.287 e. The minimum atomic E-state index is -0.175. The molecule has 0 fully saturated rings. The van der Waals surface area contributed by atoms with Crippen LogP contribution in [0.15, 0.2) is 69.6 Å². The van der Waals surface area contributed by atoms with Crippen LogP contribution in [0.1, 0.15) is 46.1 Å². The normalized spacial score (nSPS) is 11.6. The van der Waals surface area contributed by atoms with Gasteiger partial charge in [0.2, 0.25) is 0 Å². The Hall–Kier alpha value is -2.73. The molecule has 0 radical (unpaired) electrons. The van der Waals surface area contributed by atoms with Crippen LogP contribution >= 0.6 is 11.8 Å². The molecule has 5 nitrogen and oxygen atoms in total. The van der Waals surface area contributed by atoms with E-state index >= 15 is 0 Å². The van der Waals surface area contributed by atoms with Gasteiger partial charge in [0, 0.05) is 23.4 Å². The Kier molecular flexibility index (Phi) is 7.11. The zero-order chi connectivity index (χ0) is 22.6. The lowest BCUT2D eigenvalue weighted by Crippen LogP contribution is -2.20. The van der Waals surface area contributed by atoms with Crippen molar-refractivity contribution < 1.29 is 9.47 Å². The molecule has 0 atom stereocenters. The molecule has 0 saturated carbocycles. The molecule has 0 spiro atoms. The summed E-state index contributed by atoms with van der Waals surface area (Å²) in [5.41, 5.74) is 1.82. The highest BCUT2D eigenvalue weighted by molar-refractivity contribution is 7.99. The fourth-order valence-electron chi connectivity index (χ4n) is 2.92. The van der Waals surface area contributed by atoms with Gasteiger partial charge >= 0.3 is 0 Å². The van der Waals surface area contributed by atoms with E-state index in [-0.39, 0.29) is 11.0 Å². The van der Waals surface area contributed by atoms with E-state index in [1.165, 1.54) is 17.3 Å². The van der Waals surface area contributed by atoms with Crippen molar-refractivity contribution in [3.8, 4) is 17.2 Å². The topological polar surface area (TPSA) is 53.4 Å². The van der Waals surface area contributed by atoms with Gasteiger partial charge in [-0.05, 0) is 41.2 Å². The maximum atomic E-state index is 13.1. The molecule has 0 amide bonds. The van der Waals surface area contributed by atoms with E-state index in [0.29, 0.717) is 34.7 Å². The van der Waals surface area contributed by atoms with Crippen molar-refractivity contribution in [1.82, 2.24) is 9.55 Å². The Morgan fingerprint density at radius 2 is 1.77 bits per heavy atom. The number of ether oxygens (including phenoxy) is 2. The number of aromatic nitrogens is 2. The molecular formula is C25H30N2O3S. The molecule has 0 bridgehead atoms. The summed E-state index contributed by atoms with van der Waals surface area (Å²) in [7, 11) is 1.60. The van der Waals surface area contributed by atoms with Gasteiger partial charge in [-0.3, -0.25) is 9.36 Å². The predicted octanol–water partition coefficient (Wildman–Crippen LogP) is 5.94. The van der Waals surface area contributed by atoms with Gasteiger partial charge in [0.05, 0.1) is 19.4 Å². The predicted molar refractivity (Wildman–Crippen MR) is 126 cm³/mol. The molecular weight excluding hydrogens is 408 g/mol. The highest BCUT2D eigenvalue weighted by Gasteiger charge is 2.15. The first-order valence-electron chi connectivity index (χ1n) is 10.3. The third kappa shape index (κ3) is 5.91. The fraction of sp³-hybridized carbons (Fsp3) is 0.360. The summed E-state index contributed by atoms with van der Waals surface area (Å²) in [6, 6.07) is 13.8. The maximum absolute atomic E-state index is 13.1. The second-order valence-corrected chi connectivity index (χ2v) is 9.98. The second kappa shape index (κ2) is 9.60. The molecule has 31 heavy (non-hydrogen) atoms. The van der Waals surface area contributed by atoms with Crippen LogP contribution in [0.3, 0.4) is 0 Å². The Bertz CT molecular complexity index is 1080. The number of benzene rings is 2. The third-order valence-electron chi connectivity index (χ3n) is 4.66. The van der Waals surface area contributed by atoms with Crippen LogP contribution in [0.2, 0.25) is 0 Å². The van der Waals surface area contributed by atoms with Crippen molar-refractivity contribution in [2.75, 3.05) is 13.7 Å². The summed E-state index contributed by atoms with van der Waals surface area (Å²) in [6.45, 7) is 11.2. The lowest BCUT2D eigenvalue weighted by Gasteiger charge is -2.20. The minimum Gasteiger partial charge on any atom is -0.493 e. The Morgan fingerprint density at radius 1 is 1.06 bits per heavy atom. The molecule has 0 unspecified atom stereocenters. The SMILES string of the molecule is COc1cc(-n2ccnc(Sc3ccc(C(C)C)cc3)c2=O)ccc1OCC(C)(C)C. The molecule has 3 aromatic rings. The van der Waals surface area contributed by atoms with Crippen molar-refractivity contribution in [1.29, 1.82) is 0 Å². The zero-order valence-electron chi connectivity index (χ0n) is 19.0. The number of rotatable bonds is 7. The fourth-order valence-corrected chi connectivity index (χ4v) is 3.71. The van der Waals surface area contributed by atoms with Crippen LogP contribution < -0.4 is 15.0 Å². The monoisotopic (exact) mass is 438 g/mol. The van der Waals surface area contributed by atoms with Crippen molar-refractivity contribution in [2.24, 2.45) is 5.41 Å². The highest BCUT2D eigenvalue weighted by Crippen LogP contribution is 2.31. The van der Waals surface area contributed by atoms with Crippen LogP contribution in [0.4, 0.5) is 0 Å². The number of methoxy groups -OCH3 is 1. The van der Waals surface area contributed by atoms with E-state index < -0.39 is 0 Å². The Labute approximate surface area is 188 Å². The van der Waals surface area contributed by atoms with E-state index in [4.69, 9.17) is 9.47 Å². The highest BCUT2D eigenvalue weighted by atomic mass is 32.2. The Balaban J connectivity index is 1.87. The van der Waals surface area contributed by atoms with E-state index in [9.17, 15) is 4.79 Å². The summed E-state index contributed by atoms with van der Waals surface area (Å²) >= 11 is 1.37. The second-order valence-electron chi connectivity index (χ2n) is 8.92. The van der Waals surface area contributed by atoms with Crippen LogP contribution in [-0.2, 0) is 0 Å². The van der Waals surface area contributed by atoms with Crippen molar-refractivity contribution in [2.45, 2.75) is 50.5 Å². The Morgan fingerprint density at radius 3 is 2.39 bits per heavy atom. The summed E-state index contributed by atoms with van der Waals surface area (Å²) < 4.78 is 13.0. The molecule has 6 heteroatoms.